The second-order valence-corrected chi connectivity index (χ2v) is 6.05. The largest absolute Gasteiger partial charge is 0.329 e. The smallest absolute Gasteiger partial charge is 0.298 e. The van der Waals surface area contributed by atoms with Crippen LogP contribution in [0.2, 0.25) is 0 Å². The lowest BCUT2D eigenvalue weighted by Gasteiger charge is -2.06. The van der Waals surface area contributed by atoms with Gasteiger partial charge in [0.25, 0.3) is 5.56 Å². The van der Waals surface area contributed by atoms with E-state index < -0.39 is 17.1 Å². The van der Waals surface area contributed by atoms with E-state index in [4.69, 9.17) is 0 Å². The SMILES string of the molecule is O=c1[nH]c2sccc2c(=O)n1Cc1ccc(Br)cc1F. The van der Waals surface area contributed by atoms with Gasteiger partial charge in [-0.05, 0) is 23.6 Å². The van der Waals surface area contributed by atoms with E-state index in [0.29, 0.717) is 14.7 Å². The Morgan fingerprint density at radius 3 is 2.85 bits per heavy atom. The summed E-state index contributed by atoms with van der Waals surface area (Å²) in [5, 5.41) is 2.17. The minimum absolute atomic E-state index is 0.0981. The Kier molecular flexibility index (Phi) is 3.31. The summed E-state index contributed by atoms with van der Waals surface area (Å²) in [6.45, 7) is -0.0981. The highest BCUT2D eigenvalue weighted by atomic mass is 79.9. The number of fused-ring (bicyclic) bond motifs is 1. The van der Waals surface area contributed by atoms with Crippen LogP contribution in [-0.4, -0.2) is 9.55 Å². The third kappa shape index (κ3) is 2.23. The van der Waals surface area contributed by atoms with E-state index in [1.54, 1.807) is 23.6 Å². The summed E-state index contributed by atoms with van der Waals surface area (Å²) in [7, 11) is 0. The lowest BCUT2D eigenvalue weighted by Crippen LogP contribution is -2.35. The van der Waals surface area contributed by atoms with Crippen LogP contribution in [0.15, 0.2) is 43.7 Å². The Morgan fingerprint density at radius 2 is 2.10 bits per heavy atom. The zero-order valence-electron chi connectivity index (χ0n) is 10.0. The normalized spacial score (nSPS) is 11.1. The first-order chi connectivity index (χ1) is 9.56. The van der Waals surface area contributed by atoms with Crippen molar-refractivity contribution in [1.82, 2.24) is 9.55 Å². The van der Waals surface area contributed by atoms with Gasteiger partial charge in [0.15, 0.2) is 0 Å². The van der Waals surface area contributed by atoms with Crippen LogP contribution < -0.4 is 11.2 Å². The highest BCUT2D eigenvalue weighted by Crippen LogP contribution is 2.16. The summed E-state index contributed by atoms with van der Waals surface area (Å²) >= 11 is 4.45. The van der Waals surface area contributed by atoms with E-state index in [-0.39, 0.29) is 12.1 Å². The lowest BCUT2D eigenvalue weighted by molar-refractivity contribution is 0.590. The molecule has 0 fully saturated rings. The molecule has 4 nitrogen and oxygen atoms in total. The maximum absolute atomic E-state index is 13.8. The van der Waals surface area contributed by atoms with E-state index >= 15 is 0 Å². The van der Waals surface area contributed by atoms with Gasteiger partial charge in [0.05, 0.1) is 11.9 Å². The number of hydrogen-bond acceptors (Lipinski definition) is 3. The minimum atomic E-state index is -0.535. The Hall–Kier alpha value is -1.73. The summed E-state index contributed by atoms with van der Waals surface area (Å²) in [4.78, 5) is 27.3. The maximum atomic E-state index is 13.8. The molecule has 3 rings (SSSR count). The number of aromatic nitrogens is 2. The number of rotatable bonds is 2. The lowest BCUT2D eigenvalue weighted by atomic mass is 10.2. The zero-order chi connectivity index (χ0) is 14.3. The first-order valence-corrected chi connectivity index (χ1v) is 7.38. The molecule has 0 radical (unpaired) electrons. The molecule has 0 atom stereocenters. The number of benzene rings is 1. The Balaban J connectivity index is 2.15. The zero-order valence-corrected chi connectivity index (χ0v) is 12.4. The topological polar surface area (TPSA) is 54.9 Å². The van der Waals surface area contributed by atoms with Gasteiger partial charge in [-0.1, -0.05) is 22.0 Å². The average molecular weight is 355 g/mol. The molecule has 0 aliphatic carbocycles. The molecule has 1 N–H and O–H groups in total. The molecule has 3 aromatic rings. The fourth-order valence-corrected chi connectivity index (χ4v) is 3.04. The van der Waals surface area contributed by atoms with Crippen molar-refractivity contribution in [2.75, 3.05) is 0 Å². The van der Waals surface area contributed by atoms with Crippen molar-refractivity contribution >= 4 is 37.5 Å². The second kappa shape index (κ2) is 4.99. The summed E-state index contributed by atoms with van der Waals surface area (Å²) in [5.41, 5.74) is -0.657. The van der Waals surface area contributed by atoms with Gasteiger partial charge < -0.3 is 0 Å². The predicted molar refractivity (Wildman–Crippen MR) is 79.9 cm³/mol. The van der Waals surface area contributed by atoms with Crippen LogP contribution >= 0.6 is 27.3 Å². The van der Waals surface area contributed by atoms with E-state index in [0.717, 1.165) is 4.57 Å². The van der Waals surface area contributed by atoms with Gasteiger partial charge in [-0.15, -0.1) is 11.3 Å². The third-order valence-electron chi connectivity index (χ3n) is 2.95. The number of aromatic amines is 1. The molecule has 102 valence electrons. The number of nitrogens with one attached hydrogen (secondary N) is 1. The first-order valence-electron chi connectivity index (χ1n) is 5.70. The molecule has 0 aliphatic rings. The van der Waals surface area contributed by atoms with Crippen molar-refractivity contribution in [3.63, 3.8) is 0 Å². The molecule has 0 aliphatic heterocycles. The molecule has 2 heterocycles. The molecular formula is C13H8BrFN2O2S. The van der Waals surface area contributed by atoms with Gasteiger partial charge in [0.1, 0.15) is 10.6 Å². The van der Waals surface area contributed by atoms with E-state index in [1.165, 1.54) is 17.4 Å². The molecule has 0 amide bonds. The van der Waals surface area contributed by atoms with Crippen LogP contribution in [0, 0.1) is 5.82 Å². The Morgan fingerprint density at radius 1 is 1.30 bits per heavy atom. The van der Waals surface area contributed by atoms with E-state index in [2.05, 4.69) is 20.9 Å². The molecule has 0 saturated carbocycles. The summed E-state index contributed by atoms with van der Waals surface area (Å²) in [6.07, 6.45) is 0. The number of nitrogens with zero attached hydrogens (tertiary/aromatic N) is 1. The summed E-state index contributed by atoms with van der Waals surface area (Å²) < 4.78 is 15.4. The number of H-pyrrole nitrogens is 1. The van der Waals surface area contributed by atoms with Gasteiger partial charge in [-0.2, -0.15) is 0 Å². The van der Waals surface area contributed by atoms with Crippen molar-refractivity contribution in [2.45, 2.75) is 6.54 Å². The van der Waals surface area contributed by atoms with Gasteiger partial charge in [-0.25, -0.2) is 9.18 Å². The minimum Gasteiger partial charge on any atom is -0.298 e. The number of thiophene rings is 1. The Labute approximate surface area is 124 Å². The highest BCUT2D eigenvalue weighted by molar-refractivity contribution is 9.10. The first kappa shape index (κ1) is 13.3. The van der Waals surface area contributed by atoms with Crippen molar-refractivity contribution in [1.29, 1.82) is 0 Å². The van der Waals surface area contributed by atoms with Crippen LogP contribution in [0.4, 0.5) is 4.39 Å². The molecule has 1 aromatic carbocycles. The molecule has 0 bridgehead atoms. The average Bonchev–Trinajstić information content (AvgIpc) is 2.85. The van der Waals surface area contributed by atoms with Crippen LogP contribution in [0.3, 0.4) is 0 Å². The number of halogens is 2. The molecule has 0 spiro atoms. The Bertz CT molecular complexity index is 913. The van der Waals surface area contributed by atoms with Gasteiger partial charge in [0.2, 0.25) is 0 Å². The van der Waals surface area contributed by atoms with Gasteiger partial charge >= 0.3 is 5.69 Å². The van der Waals surface area contributed by atoms with E-state index in [9.17, 15) is 14.0 Å². The summed E-state index contributed by atoms with van der Waals surface area (Å²) in [5.74, 6) is -0.462. The second-order valence-electron chi connectivity index (χ2n) is 4.22. The molecular weight excluding hydrogens is 347 g/mol. The monoisotopic (exact) mass is 354 g/mol. The summed E-state index contributed by atoms with van der Waals surface area (Å²) in [6, 6.07) is 6.16. The molecule has 0 unspecified atom stereocenters. The van der Waals surface area contributed by atoms with Crippen LogP contribution in [0.25, 0.3) is 10.2 Å². The predicted octanol–water partition coefficient (Wildman–Crippen LogP) is 2.70. The highest BCUT2D eigenvalue weighted by Gasteiger charge is 2.11. The quantitative estimate of drug-likeness (QED) is 0.769. The van der Waals surface area contributed by atoms with Crippen LogP contribution in [0.1, 0.15) is 5.56 Å². The molecule has 2 aromatic heterocycles. The fourth-order valence-electron chi connectivity index (χ4n) is 1.94. The molecule has 0 saturated heterocycles. The van der Waals surface area contributed by atoms with E-state index in [1.807, 2.05) is 0 Å². The third-order valence-corrected chi connectivity index (χ3v) is 4.27. The van der Waals surface area contributed by atoms with Crippen molar-refractivity contribution in [3.8, 4) is 0 Å². The molecule has 20 heavy (non-hydrogen) atoms. The maximum Gasteiger partial charge on any atom is 0.329 e. The van der Waals surface area contributed by atoms with Gasteiger partial charge in [-0.3, -0.25) is 14.3 Å². The van der Waals surface area contributed by atoms with Crippen molar-refractivity contribution in [3.05, 3.63) is 66.3 Å². The molecule has 7 heteroatoms. The fraction of sp³-hybridized carbons (Fsp3) is 0.0769. The van der Waals surface area contributed by atoms with Crippen molar-refractivity contribution < 1.29 is 4.39 Å². The van der Waals surface area contributed by atoms with Crippen molar-refractivity contribution in [2.24, 2.45) is 0 Å². The van der Waals surface area contributed by atoms with Gasteiger partial charge in [0, 0.05) is 10.0 Å². The van der Waals surface area contributed by atoms with Crippen LogP contribution in [-0.2, 0) is 6.54 Å². The number of hydrogen-bond donors (Lipinski definition) is 1. The standard InChI is InChI=1S/C13H8BrFN2O2S/c14-8-2-1-7(10(15)5-8)6-17-12(18)9-3-4-20-11(9)16-13(17)19/h1-5H,6H2,(H,16,19). The van der Waals surface area contributed by atoms with Crippen LogP contribution in [0.5, 0.6) is 0 Å².